The van der Waals surface area contributed by atoms with E-state index in [0.29, 0.717) is 24.2 Å². The molecule has 0 spiro atoms. The van der Waals surface area contributed by atoms with Crippen LogP contribution >= 0.6 is 0 Å². The zero-order valence-corrected chi connectivity index (χ0v) is 29.6. The maximum Gasteiger partial charge on any atom is 0.302 e. The molecule has 0 heterocycles. The van der Waals surface area contributed by atoms with Gasteiger partial charge in [-0.2, -0.15) is 0 Å². The summed E-state index contributed by atoms with van der Waals surface area (Å²) in [6.07, 6.45) is 11.3. The van der Waals surface area contributed by atoms with Gasteiger partial charge in [0.15, 0.2) is 5.78 Å². The highest BCUT2D eigenvalue weighted by molar-refractivity contribution is 5.96. The standard InChI is InChI=1S/C41H57NO4/c1-24-13-16-37(4)19-20-39(6)30(34(37)25(24)2)23-31(44)35-38(5)17-15-33(46-26(3)43)41(8,32(38)14-18-40(35,39)7)36(45)42-29-21-27-11-9-10-12-28(27)22-29/h9-12,23-25,29,32-35H,13-22H2,1-8H3,(H,42,45)/t24-,25+,32?,33-,34?,35?,37-,38+,39-,40-,41-/m1/s1. The molecule has 1 aromatic rings. The number of allylic oxidation sites excluding steroid dienone is 2. The molecule has 5 heteroatoms. The molecule has 6 aliphatic rings. The van der Waals surface area contributed by atoms with Gasteiger partial charge in [-0.15, -0.1) is 0 Å². The summed E-state index contributed by atoms with van der Waals surface area (Å²) in [5.74, 6) is 1.40. The van der Waals surface area contributed by atoms with E-state index in [1.807, 2.05) is 0 Å². The normalized spacial score (nSPS) is 46.5. The number of carbonyl (C=O) groups is 3. The minimum Gasteiger partial charge on any atom is -0.461 e. The van der Waals surface area contributed by atoms with Crippen molar-refractivity contribution in [2.24, 2.45) is 56.7 Å². The molecule has 46 heavy (non-hydrogen) atoms. The van der Waals surface area contributed by atoms with E-state index in [4.69, 9.17) is 4.74 Å². The molecule has 0 saturated heterocycles. The van der Waals surface area contributed by atoms with Crippen molar-refractivity contribution in [3.8, 4) is 0 Å². The topological polar surface area (TPSA) is 72.5 Å². The quantitative estimate of drug-likeness (QED) is 0.345. The lowest BCUT2D eigenvalue weighted by atomic mass is 9.33. The molecule has 1 amide bonds. The third-order valence-corrected chi connectivity index (χ3v) is 15.9. The Morgan fingerprint density at radius 2 is 1.54 bits per heavy atom. The minimum atomic E-state index is -0.918. The van der Waals surface area contributed by atoms with E-state index in [-0.39, 0.29) is 57.2 Å². The maximum atomic E-state index is 14.8. The van der Waals surface area contributed by atoms with E-state index in [1.54, 1.807) is 0 Å². The van der Waals surface area contributed by atoms with Crippen LogP contribution in [0.4, 0.5) is 0 Å². The van der Waals surface area contributed by atoms with Crippen LogP contribution in [0, 0.1) is 56.7 Å². The molecule has 7 rings (SSSR count). The zero-order chi connectivity index (χ0) is 33.0. The Morgan fingerprint density at radius 3 is 2.20 bits per heavy atom. The Kier molecular flexibility index (Phi) is 7.36. The number of rotatable bonds is 3. The minimum absolute atomic E-state index is 0.0137. The molecule has 4 fully saturated rings. The van der Waals surface area contributed by atoms with Crippen LogP contribution in [0.5, 0.6) is 0 Å². The Balaban J connectivity index is 1.26. The van der Waals surface area contributed by atoms with Gasteiger partial charge in [0.25, 0.3) is 0 Å². The van der Waals surface area contributed by atoms with Crippen LogP contribution in [0.1, 0.15) is 118 Å². The number of nitrogens with one attached hydrogen (secondary N) is 1. The van der Waals surface area contributed by atoms with Crippen molar-refractivity contribution in [2.45, 2.75) is 132 Å². The Hall–Kier alpha value is -2.43. The Bertz CT molecular complexity index is 1470. The number of benzene rings is 1. The van der Waals surface area contributed by atoms with Crippen molar-refractivity contribution in [2.75, 3.05) is 0 Å². The number of esters is 1. The largest absolute Gasteiger partial charge is 0.461 e. The lowest BCUT2D eigenvalue weighted by molar-refractivity contribution is -0.214. The first-order valence-electron chi connectivity index (χ1n) is 18.4. The fourth-order valence-electron chi connectivity index (χ4n) is 13.0. The van der Waals surface area contributed by atoms with Gasteiger partial charge in [0.1, 0.15) is 6.10 Å². The van der Waals surface area contributed by atoms with E-state index < -0.39 is 11.5 Å². The van der Waals surface area contributed by atoms with Crippen LogP contribution in [0.15, 0.2) is 35.9 Å². The van der Waals surface area contributed by atoms with E-state index in [1.165, 1.54) is 42.9 Å². The second-order valence-corrected chi connectivity index (χ2v) is 18.1. The third kappa shape index (κ3) is 4.27. The first-order valence-corrected chi connectivity index (χ1v) is 18.4. The van der Waals surface area contributed by atoms with Gasteiger partial charge in [0, 0.05) is 18.9 Å². The molecule has 1 aromatic carbocycles. The van der Waals surface area contributed by atoms with Crippen LogP contribution in [0.25, 0.3) is 0 Å². The third-order valence-electron chi connectivity index (χ3n) is 15.9. The highest BCUT2D eigenvalue weighted by Gasteiger charge is 2.72. The van der Waals surface area contributed by atoms with Gasteiger partial charge in [-0.1, -0.05) is 71.4 Å². The average Bonchev–Trinajstić information content (AvgIpc) is 3.40. The van der Waals surface area contributed by atoms with E-state index in [9.17, 15) is 14.4 Å². The summed E-state index contributed by atoms with van der Waals surface area (Å²) < 4.78 is 6.04. The van der Waals surface area contributed by atoms with Crippen molar-refractivity contribution >= 4 is 17.7 Å². The second kappa shape index (κ2) is 10.5. The van der Waals surface area contributed by atoms with E-state index >= 15 is 0 Å². The van der Waals surface area contributed by atoms with Crippen LogP contribution in [0.3, 0.4) is 0 Å². The number of ether oxygens (including phenoxy) is 1. The predicted octanol–water partition coefficient (Wildman–Crippen LogP) is 8.04. The van der Waals surface area contributed by atoms with Crippen molar-refractivity contribution in [3.63, 3.8) is 0 Å². The zero-order valence-electron chi connectivity index (χ0n) is 29.6. The summed E-state index contributed by atoms with van der Waals surface area (Å²) in [7, 11) is 0. The molecule has 0 aliphatic heterocycles. The molecule has 3 unspecified atom stereocenters. The number of fused-ring (bicyclic) bond motifs is 8. The lowest BCUT2D eigenvalue weighted by Gasteiger charge is -2.70. The molecule has 4 saturated carbocycles. The summed E-state index contributed by atoms with van der Waals surface area (Å²) in [4.78, 5) is 42.0. The molecule has 6 aliphatic carbocycles. The molecule has 5 nitrogen and oxygen atoms in total. The summed E-state index contributed by atoms with van der Waals surface area (Å²) in [6, 6.07) is 8.47. The van der Waals surface area contributed by atoms with Crippen LogP contribution in [0.2, 0.25) is 0 Å². The molecular weight excluding hydrogens is 570 g/mol. The van der Waals surface area contributed by atoms with Gasteiger partial charge in [-0.25, -0.2) is 0 Å². The average molecular weight is 628 g/mol. The number of hydrogen-bond donors (Lipinski definition) is 1. The number of carbonyl (C=O) groups excluding carboxylic acids is 3. The molecule has 250 valence electrons. The van der Waals surface area contributed by atoms with Gasteiger partial charge in [0.2, 0.25) is 5.91 Å². The molecule has 11 atom stereocenters. The smallest absolute Gasteiger partial charge is 0.302 e. The van der Waals surface area contributed by atoms with Crippen LogP contribution in [-0.2, 0) is 32.0 Å². The maximum absolute atomic E-state index is 14.8. The monoisotopic (exact) mass is 627 g/mol. The fraction of sp³-hybridized carbons (Fsp3) is 0.732. The first-order chi connectivity index (χ1) is 21.6. The SMILES string of the molecule is CC(=O)O[C@@H]1CC[C@@]2(C)C(CC[C@]3(C)C2C(=O)C=C2C4[C@@H](C)[C@H](C)CC[C@]4(C)CC[C@]23C)[C@@]1(C)C(=O)NC1Cc2ccccc2C1. The van der Waals surface area contributed by atoms with Crippen LogP contribution < -0.4 is 5.32 Å². The van der Waals surface area contributed by atoms with Gasteiger partial charge in [-0.05, 0) is 134 Å². The summed E-state index contributed by atoms with van der Waals surface area (Å²) in [5, 5.41) is 3.45. The van der Waals surface area contributed by atoms with Gasteiger partial charge in [0.05, 0.1) is 5.41 Å². The van der Waals surface area contributed by atoms with E-state index in [2.05, 4.69) is 84.1 Å². The van der Waals surface area contributed by atoms with Crippen molar-refractivity contribution in [3.05, 3.63) is 47.0 Å². The Labute approximate surface area is 277 Å². The van der Waals surface area contributed by atoms with Gasteiger partial charge >= 0.3 is 5.97 Å². The number of ketones is 1. The molecular formula is C41H57NO4. The lowest BCUT2D eigenvalue weighted by Crippen LogP contribution is -2.69. The Morgan fingerprint density at radius 1 is 0.870 bits per heavy atom. The molecule has 1 N–H and O–H groups in total. The highest BCUT2D eigenvalue weighted by Crippen LogP contribution is 2.75. The van der Waals surface area contributed by atoms with Gasteiger partial charge in [-0.3, -0.25) is 14.4 Å². The number of amides is 1. The summed E-state index contributed by atoms with van der Waals surface area (Å²) >= 11 is 0. The van der Waals surface area contributed by atoms with Crippen molar-refractivity contribution in [1.82, 2.24) is 5.32 Å². The predicted molar refractivity (Wildman–Crippen MR) is 181 cm³/mol. The van der Waals surface area contributed by atoms with Crippen molar-refractivity contribution in [1.29, 1.82) is 0 Å². The highest BCUT2D eigenvalue weighted by atomic mass is 16.5. The summed E-state index contributed by atoms with van der Waals surface area (Å²) in [5.41, 5.74) is 2.79. The number of hydrogen-bond acceptors (Lipinski definition) is 4. The molecule has 0 radical (unpaired) electrons. The van der Waals surface area contributed by atoms with E-state index in [0.717, 1.165) is 38.5 Å². The fourth-order valence-corrected chi connectivity index (χ4v) is 13.0. The summed E-state index contributed by atoms with van der Waals surface area (Å²) in [6.45, 7) is 18.1. The first kappa shape index (κ1) is 32.1. The molecule has 0 aromatic heterocycles. The van der Waals surface area contributed by atoms with Gasteiger partial charge < -0.3 is 10.1 Å². The molecule has 0 bridgehead atoms. The van der Waals surface area contributed by atoms with Crippen LogP contribution in [-0.4, -0.2) is 29.8 Å². The van der Waals surface area contributed by atoms with Crippen molar-refractivity contribution < 1.29 is 19.1 Å². The second-order valence-electron chi connectivity index (χ2n) is 18.1.